The third-order valence-electron chi connectivity index (χ3n) is 2.03. The molecular weight excluding hydrogens is 264 g/mol. The predicted molar refractivity (Wildman–Crippen MR) is 62.9 cm³/mol. The lowest BCUT2D eigenvalue weighted by Crippen LogP contribution is -2.44. The summed E-state index contributed by atoms with van der Waals surface area (Å²) in [5, 5.41) is 0. The van der Waals surface area contributed by atoms with Crippen LogP contribution in [0.3, 0.4) is 0 Å². The smallest absolute Gasteiger partial charge is 0.421 e. The fourth-order valence-electron chi connectivity index (χ4n) is 1.10. The predicted octanol–water partition coefficient (Wildman–Crippen LogP) is -0.282. The summed E-state index contributed by atoms with van der Waals surface area (Å²) >= 11 is 0. The van der Waals surface area contributed by atoms with Crippen LogP contribution in [-0.2, 0) is 24.5 Å². The van der Waals surface area contributed by atoms with Gasteiger partial charge in [0.05, 0.1) is 19.6 Å². The number of esters is 1. The molecule has 0 spiro atoms. The van der Waals surface area contributed by atoms with E-state index >= 15 is 0 Å². The van der Waals surface area contributed by atoms with Crippen molar-refractivity contribution in [3.63, 3.8) is 0 Å². The average Bonchev–Trinajstić information content (AvgIpc) is 2.27. The maximum atomic E-state index is 11.6. The molecular formula is C9H18N2O6S. The number of methoxy groups -OCH3 is 1. The molecule has 0 aromatic heterocycles. The number of nitrogens with one attached hydrogen (secondary N) is 1. The molecule has 0 aromatic rings. The van der Waals surface area contributed by atoms with E-state index < -0.39 is 28.2 Å². The Balaban J connectivity index is 4.52. The summed E-state index contributed by atoms with van der Waals surface area (Å²) in [6.07, 6.45) is -1.06. The van der Waals surface area contributed by atoms with Crippen LogP contribution in [0, 0.1) is 5.92 Å². The molecule has 106 valence electrons. The minimum Gasteiger partial charge on any atom is -0.469 e. The van der Waals surface area contributed by atoms with Gasteiger partial charge in [0.2, 0.25) is 0 Å². The molecule has 0 aliphatic heterocycles. The molecule has 9 heteroatoms. The standard InChI is InChI=1S/C9H18N2O6S/c1-5-17-9(13)10-18(14,15)11(3)6-7(2)8(12)16-4/h7H,5-6H2,1-4H3,(H,10,13). The first-order valence-electron chi connectivity index (χ1n) is 5.23. The van der Waals surface area contributed by atoms with E-state index in [1.54, 1.807) is 11.6 Å². The highest BCUT2D eigenvalue weighted by atomic mass is 32.2. The van der Waals surface area contributed by atoms with E-state index in [9.17, 15) is 18.0 Å². The van der Waals surface area contributed by atoms with Gasteiger partial charge in [-0.05, 0) is 6.92 Å². The van der Waals surface area contributed by atoms with Crippen molar-refractivity contribution in [2.24, 2.45) is 5.92 Å². The Morgan fingerprint density at radius 2 is 1.94 bits per heavy atom. The Hall–Kier alpha value is -1.35. The van der Waals surface area contributed by atoms with E-state index in [2.05, 4.69) is 9.47 Å². The van der Waals surface area contributed by atoms with Gasteiger partial charge in [0, 0.05) is 13.6 Å². The molecule has 1 atom stereocenters. The minimum absolute atomic E-state index is 0.0592. The molecule has 0 aliphatic rings. The van der Waals surface area contributed by atoms with Crippen LogP contribution in [0.4, 0.5) is 4.79 Å². The molecule has 0 rings (SSSR count). The summed E-state index contributed by atoms with van der Waals surface area (Å²) in [5.41, 5.74) is 0. The molecule has 1 amide bonds. The van der Waals surface area contributed by atoms with Crippen molar-refractivity contribution in [2.75, 3.05) is 27.3 Å². The van der Waals surface area contributed by atoms with Crippen LogP contribution in [0.5, 0.6) is 0 Å². The van der Waals surface area contributed by atoms with Gasteiger partial charge >= 0.3 is 22.3 Å². The van der Waals surface area contributed by atoms with Crippen molar-refractivity contribution in [3.05, 3.63) is 0 Å². The average molecular weight is 282 g/mol. The number of nitrogens with zero attached hydrogens (tertiary/aromatic N) is 1. The molecule has 8 nitrogen and oxygen atoms in total. The Morgan fingerprint density at radius 3 is 2.39 bits per heavy atom. The summed E-state index contributed by atoms with van der Waals surface area (Å²) in [4.78, 5) is 22.2. The lowest BCUT2D eigenvalue weighted by molar-refractivity contribution is -0.144. The molecule has 0 heterocycles. The van der Waals surface area contributed by atoms with Gasteiger partial charge in [-0.15, -0.1) is 0 Å². The van der Waals surface area contributed by atoms with Crippen LogP contribution in [0.15, 0.2) is 0 Å². The van der Waals surface area contributed by atoms with Crippen LogP contribution < -0.4 is 4.72 Å². The van der Waals surface area contributed by atoms with Crippen molar-refractivity contribution in [3.8, 4) is 0 Å². The van der Waals surface area contributed by atoms with E-state index in [1.807, 2.05) is 0 Å². The van der Waals surface area contributed by atoms with Crippen LogP contribution >= 0.6 is 0 Å². The summed E-state index contributed by atoms with van der Waals surface area (Å²) in [5.74, 6) is -1.17. The second-order valence-corrected chi connectivity index (χ2v) is 5.31. The second-order valence-electron chi connectivity index (χ2n) is 3.53. The minimum atomic E-state index is -4.02. The Labute approximate surface area is 106 Å². The van der Waals surface area contributed by atoms with E-state index in [-0.39, 0.29) is 13.2 Å². The number of hydrogen-bond acceptors (Lipinski definition) is 6. The highest BCUT2D eigenvalue weighted by Crippen LogP contribution is 2.04. The van der Waals surface area contributed by atoms with Gasteiger partial charge in [0.1, 0.15) is 0 Å². The molecule has 1 unspecified atom stereocenters. The van der Waals surface area contributed by atoms with Gasteiger partial charge in [-0.1, -0.05) is 6.92 Å². The maximum absolute atomic E-state index is 11.6. The number of carbonyl (C=O) groups excluding carboxylic acids is 2. The number of hydrogen-bond donors (Lipinski definition) is 1. The topological polar surface area (TPSA) is 102 Å². The molecule has 0 bridgehead atoms. The van der Waals surface area contributed by atoms with Crippen LogP contribution in [0.1, 0.15) is 13.8 Å². The Bertz CT molecular complexity index is 394. The van der Waals surface area contributed by atoms with Crippen molar-refractivity contribution in [2.45, 2.75) is 13.8 Å². The number of ether oxygens (including phenoxy) is 2. The third kappa shape index (κ3) is 5.32. The van der Waals surface area contributed by atoms with Crippen molar-refractivity contribution < 1.29 is 27.5 Å². The Kier molecular flexibility index (Phi) is 6.63. The largest absolute Gasteiger partial charge is 0.469 e. The van der Waals surface area contributed by atoms with Gasteiger partial charge in [-0.2, -0.15) is 12.7 Å². The fraction of sp³-hybridized carbons (Fsp3) is 0.778. The van der Waals surface area contributed by atoms with Gasteiger partial charge in [-0.3, -0.25) is 4.79 Å². The summed E-state index contributed by atoms with van der Waals surface area (Å²) < 4.78 is 34.7. The van der Waals surface area contributed by atoms with E-state index in [0.29, 0.717) is 0 Å². The summed E-state index contributed by atoms with van der Waals surface area (Å²) in [6, 6.07) is 0. The number of amides is 1. The lowest BCUT2D eigenvalue weighted by Gasteiger charge is -2.19. The van der Waals surface area contributed by atoms with Crippen molar-refractivity contribution in [1.29, 1.82) is 0 Å². The van der Waals surface area contributed by atoms with E-state index in [0.717, 1.165) is 4.31 Å². The SMILES string of the molecule is CCOC(=O)NS(=O)(=O)N(C)CC(C)C(=O)OC. The lowest BCUT2D eigenvalue weighted by atomic mass is 10.2. The van der Waals surface area contributed by atoms with Crippen LogP contribution in [0.2, 0.25) is 0 Å². The molecule has 1 N–H and O–H groups in total. The zero-order valence-corrected chi connectivity index (χ0v) is 11.6. The quantitative estimate of drug-likeness (QED) is 0.672. The fourth-order valence-corrected chi connectivity index (χ4v) is 1.95. The number of rotatable bonds is 6. The molecule has 0 aliphatic carbocycles. The highest BCUT2D eigenvalue weighted by molar-refractivity contribution is 7.87. The van der Waals surface area contributed by atoms with E-state index in [4.69, 9.17) is 0 Å². The normalized spacial score (nSPS) is 12.9. The first-order valence-corrected chi connectivity index (χ1v) is 6.67. The Morgan fingerprint density at radius 1 is 1.39 bits per heavy atom. The molecule has 0 aromatic carbocycles. The van der Waals surface area contributed by atoms with Gasteiger partial charge < -0.3 is 9.47 Å². The molecule has 0 saturated heterocycles. The molecule has 0 radical (unpaired) electrons. The first-order chi connectivity index (χ1) is 8.24. The highest BCUT2D eigenvalue weighted by Gasteiger charge is 2.25. The maximum Gasteiger partial charge on any atom is 0.421 e. The van der Waals surface area contributed by atoms with Gasteiger partial charge in [-0.25, -0.2) is 9.52 Å². The summed E-state index contributed by atoms with van der Waals surface area (Å²) in [6.45, 7) is 3.02. The molecule has 18 heavy (non-hydrogen) atoms. The van der Waals surface area contributed by atoms with Crippen LogP contribution in [-0.4, -0.2) is 52.1 Å². The summed E-state index contributed by atoms with van der Waals surface area (Å²) in [7, 11) is -1.57. The molecule has 0 fully saturated rings. The second kappa shape index (κ2) is 7.17. The molecule has 0 saturated carbocycles. The van der Waals surface area contributed by atoms with Crippen molar-refractivity contribution >= 4 is 22.3 Å². The van der Waals surface area contributed by atoms with Gasteiger partial charge in [0.25, 0.3) is 0 Å². The first kappa shape index (κ1) is 16.6. The zero-order chi connectivity index (χ0) is 14.3. The third-order valence-corrected chi connectivity index (χ3v) is 3.43. The number of carbonyl (C=O) groups is 2. The van der Waals surface area contributed by atoms with Crippen LogP contribution in [0.25, 0.3) is 0 Å². The van der Waals surface area contributed by atoms with Gasteiger partial charge in [0.15, 0.2) is 0 Å². The monoisotopic (exact) mass is 282 g/mol. The van der Waals surface area contributed by atoms with Crippen molar-refractivity contribution in [1.82, 2.24) is 9.03 Å². The van der Waals surface area contributed by atoms with E-state index in [1.165, 1.54) is 21.1 Å². The zero-order valence-electron chi connectivity index (χ0n) is 10.8.